The van der Waals surface area contributed by atoms with E-state index in [1.807, 2.05) is 37.3 Å². The van der Waals surface area contributed by atoms with Crippen molar-refractivity contribution in [2.75, 3.05) is 13.2 Å². The summed E-state index contributed by atoms with van der Waals surface area (Å²) < 4.78 is 16.3. The zero-order chi connectivity index (χ0) is 16.4. The SMILES string of the molecule is CC(=O)CCC(=O)OC(C)COC(C)COc1ccccc1. The number of Topliss-reactive ketones (excluding diaryl/α,β-unsaturated/α-hetero) is 1. The maximum atomic E-state index is 11.5. The number of esters is 1. The fraction of sp³-hybridized carbons (Fsp3) is 0.529. The summed E-state index contributed by atoms with van der Waals surface area (Å²) in [6.45, 7) is 5.83. The Kier molecular flexibility index (Phi) is 8.22. The molecule has 0 heterocycles. The zero-order valence-corrected chi connectivity index (χ0v) is 13.4. The first kappa shape index (κ1) is 18.2. The Morgan fingerprint density at radius 3 is 2.32 bits per heavy atom. The Morgan fingerprint density at radius 2 is 1.68 bits per heavy atom. The van der Waals surface area contributed by atoms with Crippen LogP contribution >= 0.6 is 0 Å². The number of ether oxygens (including phenoxy) is 3. The van der Waals surface area contributed by atoms with Gasteiger partial charge in [-0.1, -0.05) is 18.2 Å². The molecule has 0 N–H and O–H groups in total. The third-order valence-corrected chi connectivity index (χ3v) is 2.86. The summed E-state index contributed by atoms with van der Waals surface area (Å²) in [5, 5.41) is 0. The van der Waals surface area contributed by atoms with Crippen molar-refractivity contribution in [1.82, 2.24) is 0 Å². The number of benzene rings is 1. The highest BCUT2D eigenvalue weighted by Crippen LogP contribution is 2.09. The fourth-order valence-electron chi connectivity index (χ4n) is 1.67. The predicted molar refractivity (Wildman–Crippen MR) is 82.8 cm³/mol. The maximum Gasteiger partial charge on any atom is 0.306 e. The van der Waals surface area contributed by atoms with Crippen LogP contribution in [-0.4, -0.2) is 37.2 Å². The normalized spacial score (nSPS) is 13.2. The lowest BCUT2D eigenvalue weighted by atomic mass is 10.2. The van der Waals surface area contributed by atoms with Gasteiger partial charge in [-0.25, -0.2) is 0 Å². The Morgan fingerprint density at radius 1 is 1.00 bits per heavy atom. The van der Waals surface area contributed by atoms with Crippen molar-refractivity contribution in [2.45, 2.75) is 45.8 Å². The average Bonchev–Trinajstić information content (AvgIpc) is 2.50. The van der Waals surface area contributed by atoms with Crippen molar-refractivity contribution in [3.8, 4) is 5.75 Å². The maximum absolute atomic E-state index is 11.5. The summed E-state index contributed by atoms with van der Waals surface area (Å²) in [5.74, 6) is 0.397. The molecule has 0 saturated carbocycles. The second-order valence-electron chi connectivity index (χ2n) is 5.27. The number of hydrogen-bond donors (Lipinski definition) is 0. The van der Waals surface area contributed by atoms with Crippen molar-refractivity contribution in [1.29, 1.82) is 0 Å². The largest absolute Gasteiger partial charge is 0.491 e. The molecule has 0 aliphatic heterocycles. The highest BCUT2D eigenvalue weighted by Gasteiger charge is 2.12. The summed E-state index contributed by atoms with van der Waals surface area (Å²) in [4.78, 5) is 22.3. The average molecular weight is 308 g/mol. The van der Waals surface area contributed by atoms with Gasteiger partial charge >= 0.3 is 5.97 Å². The third-order valence-electron chi connectivity index (χ3n) is 2.86. The Labute approximate surface area is 131 Å². The van der Waals surface area contributed by atoms with E-state index in [0.717, 1.165) is 5.75 Å². The van der Waals surface area contributed by atoms with Crippen molar-refractivity contribution in [3.63, 3.8) is 0 Å². The number of para-hydroxylation sites is 1. The molecule has 5 nitrogen and oxygen atoms in total. The highest BCUT2D eigenvalue weighted by atomic mass is 16.6. The first-order valence-corrected chi connectivity index (χ1v) is 7.45. The second-order valence-corrected chi connectivity index (χ2v) is 5.27. The van der Waals surface area contributed by atoms with Gasteiger partial charge in [0, 0.05) is 6.42 Å². The number of carbonyl (C=O) groups excluding carboxylic acids is 2. The molecule has 122 valence electrons. The van der Waals surface area contributed by atoms with E-state index in [1.54, 1.807) is 6.92 Å². The standard InChI is InChI=1S/C17H24O5/c1-13(18)9-10-17(19)22-15(3)12-20-14(2)11-21-16-7-5-4-6-8-16/h4-8,14-15H,9-12H2,1-3H3. The van der Waals surface area contributed by atoms with Crippen LogP contribution in [0.4, 0.5) is 0 Å². The summed E-state index contributed by atoms with van der Waals surface area (Å²) >= 11 is 0. The van der Waals surface area contributed by atoms with E-state index in [9.17, 15) is 9.59 Å². The molecule has 0 radical (unpaired) electrons. The summed E-state index contributed by atoms with van der Waals surface area (Å²) in [5.41, 5.74) is 0. The summed E-state index contributed by atoms with van der Waals surface area (Å²) in [6.07, 6.45) is -0.128. The van der Waals surface area contributed by atoms with Crippen LogP contribution < -0.4 is 4.74 Å². The van der Waals surface area contributed by atoms with E-state index in [-0.39, 0.29) is 36.8 Å². The lowest BCUT2D eigenvalue weighted by Gasteiger charge is -2.18. The van der Waals surface area contributed by atoms with E-state index in [1.165, 1.54) is 6.92 Å². The van der Waals surface area contributed by atoms with Crippen LogP contribution in [0.3, 0.4) is 0 Å². The highest BCUT2D eigenvalue weighted by molar-refractivity contribution is 5.81. The van der Waals surface area contributed by atoms with E-state index in [2.05, 4.69) is 0 Å². The lowest BCUT2D eigenvalue weighted by Crippen LogP contribution is -2.26. The van der Waals surface area contributed by atoms with Gasteiger partial charge in [0.25, 0.3) is 0 Å². The fourth-order valence-corrected chi connectivity index (χ4v) is 1.67. The molecule has 1 aromatic rings. The van der Waals surface area contributed by atoms with Gasteiger partial charge in [-0.05, 0) is 32.9 Å². The van der Waals surface area contributed by atoms with Crippen LogP contribution in [0.15, 0.2) is 30.3 Å². The molecule has 5 heteroatoms. The van der Waals surface area contributed by atoms with Crippen LogP contribution in [0.5, 0.6) is 5.75 Å². The Bertz CT molecular complexity index is 457. The molecular formula is C17H24O5. The Hall–Kier alpha value is -1.88. The van der Waals surface area contributed by atoms with Gasteiger partial charge < -0.3 is 19.0 Å². The quantitative estimate of drug-likeness (QED) is 0.622. The molecule has 0 amide bonds. The lowest BCUT2D eigenvalue weighted by molar-refractivity contribution is -0.153. The van der Waals surface area contributed by atoms with Crippen molar-refractivity contribution in [3.05, 3.63) is 30.3 Å². The second kappa shape index (κ2) is 9.95. The molecule has 0 aromatic heterocycles. The number of ketones is 1. The minimum Gasteiger partial charge on any atom is -0.491 e. The molecule has 0 bridgehead atoms. The van der Waals surface area contributed by atoms with Gasteiger partial charge in [0.1, 0.15) is 24.2 Å². The number of carbonyl (C=O) groups is 2. The molecule has 1 aromatic carbocycles. The minimum atomic E-state index is -0.375. The first-order valence-electron chi connectivity index (χ1n) is 7.45. The van der Waals surface area contributed by atoms with E-state index in [0.29, 0.717) is 13.2 Å². The van der Waals surface area contributed by atoms with Crippen LogP contribution in [0.1, 0.15) is 33.6 Å². The predicted octanol–water partition coefficient (Wildman–Crippen LogP) is 2.77. The van der Waals surface area contributed by atoms with Crippen molar-refractivity contribution < 1.29 is 23.8 Å². The van der Waals surface area contributed by atoms with Crippen LogP contribution in [0, 0.1) is 0 Å². The molecule has 0 aliphatic carbocycles. The van der Waals surface area contributed by atoms with Gasteiger partial charge in [-0.2, -0.15) is 0 Å². The van der Waals surface area contributed by atoms with E-state index >= 15 is 0 Å². The topological polar surface area (TPSA) is 61.8 Å². The molecule has 0 fully saturated rings. The smallest absolute Gasteiger partial charge is 0.306 e. The molecule has 0 saturated heterocycles. The van der Waals surface area contributed by atoms with Gasteiger partial charge in [0.15, 0.2) is 0 Å². The van der Waals surface area contributed by atoms with Gasteiger partial charge in [0.05, 0.1) is 19.1 Å². The van der Waals surface area contributed by atoms with Gasteiger partial charge in [-0.15, -0.1) is 0 Å². The van der Waals surface area contributed by atoms with Gasteiger partial charge in [0.2, 0.25) is 0 Å². The van der Waals surface area contributed by atoms with E-state index in [4.69, 9.17) is 14.2 Å². The van der Waals surface area contributed by atoms with Crippen molar-refractivity contribution in [2.24, 2.45) is 0 Å². The third kappa shape index (κ3) is 8.42. The molecule has 0 aliphatic rings. The summed E-state index contributed by atoms with van der Waals surface area (Å²) in [7, 11) is 0. The number of hydrogen-bond acceptors (Lipinski definition) is 5. The molecule has 1 rings (SSSR count). The van der Waals surface area contributed by atoms with Crippen LogP contribution in [-0.2, 0) is 19.1 Å². The molecule has 0 spiro atoms. The zero-order valence-electron chi connectivity index (χ0n) is 13.4. The molecule has 22 heavy (non-hydrogen) atoms. The summed E-state index contributed by atoms with van der Waals surface area (Å²) in [6, 6.07) is 9.50. The molecule has 2 unspecified atom stereocenters. The minimum absolute atomic E-state index is 0.0208. The van der Waals surface area contributed by atoms with Crippen LogP contribution in [0.25, 0.3) is 0 Å². The first-order chi connectivity index (χ1) is 10.5. The molecule has 2 atom stereocenters. The van der Waals surface area contributed by atoms with Gasteiger partial charge in [-0.3, -0.25) is 4.79 Å². The molecular weight excluding hydrogens is 284 g/mol. The van der Waals surface area contributed by atoms with Crippen molar-refractivity contribution >= 4 is 11.8 Å². The number of rotatable bonds is 10. The van der Waals surface area contributed by atoms with Crippen LogP contribution in [0.2, 0.25) is 0 Å². The Balaban J connectivity index is 2.16. The van der Waals surface area contributed by atoms with E-state index < -0.39 is 0 Å². The monoisotopic (exact) mass is 308 g/mol.